The number of carbonyl (C=O) groups is 2. The Labute approximate surface area is 206 Å². The summed E-state index contributed by atoms with van der Waals surface area (Å²) >= 11 is 0. The topological polar surface area (TPSA) is 117 Å². The van der Waals surface area contributed by atoms with Crippen molar-refractivity contribution < 1.29 is 34.4 Å². The van der Waals surface area contributed by atoms with Crippen LogP contribution in [0.1, 0.15) is 73.1 Å². The first kappa shape index (κ1) is 23.8. The van der Waals surface area contributed by atoms with Gasteiger partial charge in [0.15, 0.2) is 5.78 Å². The Balaban J connectivity index is 1.35. The zero-order valence-corrected chi connectivity index (χ0v) is 21.3. The monoisotopic (exact) mass is 486 g/mol. The average molecular weight is 487 g/mol. The number of ether oxygens (including phenoxy) is 2. The first-order valence-corrected chi connectivity index (χ1v) is 13.2. The molecule has 3 N–H and O–H groups in total. The molecule has 4 fully saturated rings. The number of hydrogen-bond acceptors (Lipinski definition) is 7. The Bertz CT molecular complexity index is 1080. The highest BCUT2D eigenvalue weighted by Gasteiger charge is 2.81. The molecular weight excluding hydrogens is 448 g/mol. The Morgan fingerprint density at radius 1 is 1.11 bits per heavy atom. The molecular formula is C28H38O7. The van der Waals surface area contributed by atoms with Gasteiger partial charge in [-0.3, -0.25) is 4.79 Å². The van der Waals surface area contributed by atoms with Crippen LogP contribution in [-0.2, 0) is 19.1 Å². The fourth-order valence-corrected chi connectivity index (χ4v) is 9.48. The summed E-state index contributed by atoms with van der Waals surface area (Å²) in [6, 6.07) is 0. The number of ketones is 1. The van der Waals surface area contributed by atoms with Crippen molar-refractivity contribution in [3.05, 3.63) is 23.3 Å². The fourth-order valence-electron chi connectivity index (χ4n) is 9.48. The number of fused-ring (bicyclic) bond motifs is 4. The molecule has 3 saturated carbocycles. The maximum Gasteiger partial charge on any atom is 0.334 e. The van der Waals surface area contributed by atoms with Crippen LogP contribution in [0.4, 0.5) is 0 Å². The van der Waals surface area contributed by atoms with Gasteiger partial charge >= 0.3 is 5.97 Å². The Morgan fingerprint density at radius 2 is 1.80 bits per heavy atom. The molecule has 6 rings (SSSR count). The van der Waals surface area contributed by atoms with E-state index in [4.69, 9.17) is 9.47 Å². The van der Waals surface area contributed by atoms with Gasteiger partial charge in [0.1, 0.15) is 29.0 Å². The van der Waals surface area contributed by atoms with Crippen molar-refractivity contribution in [3.63, 3.8) is 0 Å². The Kier molecular flexibility index (Phi) is 4.67. The first-order valence-electron chi connectivity index (χ1n) is 13.2. The first-order chi connectivity index (χ1) is 16.3. The summed E-state index contributed by atoms with van der Waals surface area (Å²) < 4.78 is 11.9. The van der Waals surface area contributed by atoms with Gasteiger partial charge in [0, 0.05) is 17.4 Å². The summed E-state index contributed by atoms with van der Waals surface area (Å²) in [5, 5.41) is 35.1. The van der Waals surface area contributed by atoms with E-state index in [0.29, 0.717) is 31.3 Å². The van der Waals surface area contributed by atoms with Crippen molar-refractivity contribution >= 4 is 11.8 Å². The number of hydrogen-bond donors (Lipinski definition) is 3. The predicted octanol–water partition coefficient (Wildman–Crippen LogP) is 2.61. The van der Waals surface area contributed by atoms with E-state index in [2.05, 4.69) is 6.92 Å². The van der Waals surface area contributed by atoms with Crippen molar-refractivity contribution in [2.75, 3.05) is 0 Å². The van der Waals surface area contributed by atoms with Crippen LogP contribution in [0.5, 0.6) is 0 Å². The lowest BCUT2D eigenvalue weighted by Crippen LogP contribution is -2.69. The van der Waals surface area contributed by atoms with Gasteiger partial charge in [0.2, 0.25) is 0 Å². The number of rotatable bonds is 2. The van der Waals surface area contributed by atoms with Gasteiger partial charge in [0.25, 0.3) is 0 Å². The maximum atomic E-state index is 13.3. The molecule has 0 aromatic rings. The number of aliphatic hydroxyl groups is 3. The van der Waals surface area contributed by atoms with Gasteiger partial charge in [0.05, 0.1) is 11.5 Å². The molecule has 1 saturated heterocycles. The van der Waals surface area contributed by atoms with Crippen LogP contribution in [0.25, 0.3) is 0 Å². The third kappa shape index (κ3) is 2.51. The van der Waals surface area contributed by atoms with Crippen LogP contribution in [0.3, 0.4) is 0 Å². The largest absolute Gasteiger partial charge is 0.455 e. The van der Waals surface area contributed by atoms with Crippen molar-refractivity contribution in [2.45, 2.75) is 108 Å². The number of epoxide rings is 1. The van der Waals surface area contributed by atoms with E-state index < -0.39 is 45.8 Å². The smallest absolute Gasteiger partial charge is 0.334 e. The normalized spacial score (nSPS) is 54.3. The second-order valence-electron chi connectivity index (χ2n) is 12.9. The molecule has 0 aromatic carbocycles. The summed E-state index contributed by atoms with van der Waals surface area (Å²) in [5.41, 5.74) is -3.85. The molecule has 6 aliphatic rings. The zero-order valence-electron chi connectivity index (χ0n) is 21.3. The van der Waals surface area contributed by atoms with Crippen LogP contribution >= 0.6 is 0 Å². The summed E-state index contributed by atoms with van der Waals surface area (Å²) in [7, 11) is 0. The number of cyclic esters (lactones) is 1. The van der Waals surface area contributed by atoms with Crippen molar-refractivity contribution in [1.29, 1.82) is 0 Å². The van der Waals surface area contributed by atoms with Crippen LogP contribution < -0.4 is 0 Å². The molecule has 2 heterocycles. The quantitative estimate of drug-likeness (QED) is 0.406. The lowest BCUT2D eigenvalue weighted by atomic mass is 9.43. The molecule has 0 amide bonds. The molecule has 2 aliphatic heterocycles. The van der Waals surface area contributed by atoms with Crippen LogP contribution in [-0.4, -0.2) is 62.2 Å². The summed E-state index contributed by atoms with van der Waals surface area (Å²) in [6.07, 6.45) is 4.94. The number of allylic oxidation sites excluding steroid dienone is 1. The van der Waals surface area contributed by atoms with E-state index in [1.165, 1.54) is 6.08 Å². The van der Waals surface area contributed by atoms with Gasteiger partial charge in [-0.2, -0.15) is 0 Å². The predicted molar refractivity (Wildman–Crippen MR) is 126 cm³/mol. The molecule has 35 heavy (non-hydrogen) atoms. The molecule has 4 aliphatic carbocycles. The zero-order chi connectivity index (χ0) is 25.3. The van der Waals surface area contributed by atoms with Gasteiger partial charge < -0.3 is 24.8 Å². The number of aliphatic hydroxyl groups excluding tert-OH is 1. The minimum absolute atomic E-state index is 0.0237. The Morgan fingerprint density at radius 3 is 2.49 bits per heavy atom. The molecule has 192 valence electrons. The summed E-state index contributed by atoms with van der Waals surface area (Å²) in [5.74, 6) is -0.138. The standard InChI is InChI=1S/C28H38O7/c1-14-12-21(34-23(31)15(14)2)26(5,32)27(33)11-9-17-16-13-22-28(35-22)20(30)7-6-19(29)25(28,4)18(16)8-10-24(17,27)3/h6-7,16-18,20-22,30,32-33H,8-13H2,1-5H3/t16-,17-,18-,20-,21+,22+,24-,25-,26+,27+,28+/m0/s1. The van der Waals surface area contributed by atoms with Gasteiger partial charge in [-0.1, -0.05) is 12.5 Å². The van der Waals surface area contributed by atoms with Gasteiger partial charge in [-0.15, -0.1) is 0 Å². The van der Waals surface area contributed by atoms with Gasteiger partial charge in [-0.05, 0) is 89.7 Å². The maximum absolute atomic E-state index is 13.3. The fraction of sp³-hybridized carbons (Fsp3) is 0.786. The molecule has 0 radical (unpaired) electrons. The lowest BCUT2D eigenvalue weighted by molar-refractivity contribution is -0.253. The van der Waals surface area contributed by atoms with Gasteiger partial charge in [-0.25, -0.2) is 4.79 Å². The SMILES string of the molecule is CC1=C(C)C(=O)O[C@@H]([C@@](C)(O)[C@@]2(O)CC[C@H]3[C@@H]4C[C@H]5O[C@]56[C@@H](O)C=CC(=O)[C@]6(C)[C@H]4CC[C@@]32C)C1. The highest BCUT2D eigenvalue weighted by atomic mass is 16.6. The third-order valence-electron chi connectivity index (χ3n) is 11.9. The van der Waals surface area contributed by atoms with E-state index in [-0.39, 0.29) is 29.6 Å². The molecule has 1 spiro atoms. The summed E-state index contributed by atoms with van der Waals surface area (Å²) in [4.78, 5) is 25.8. The van der Waals surface area contributed by atoms with Crippen LogP contribution in [0.2, 0.25) is 0 Å². The van der Waals surface area contributed by atoms with Crippen LogP contribution in [0.15, 0.2) is 23.3 Å². The van der Waals surface area contributed by atoms with E-state index in [0.717, 1.165) is 18.4 Å². The second kappa shape index (κ2) is 6.85. The Hall–Kier alpha value is -1.54. The molecule has 7 nitrogen and oxygen atoms in total. The van der Waals surface area contributed by atoms with E-state index in [9.17, 15) is 24.9 Å². The third-order valence-corrected chi connectivity index (χ3v) is 11.9. The second-order valence-corrected chi connectivity index (χ2v) is 12.9. The minimum atomic E-state index is -1.63. The summed E-state index contributed by atoms with van der Waals surface area (Å²) in [6.45, 7) is 9.28. The number of carbonyl (C=O) groups excluding carboxylic acids is 2. The van der Waals surface area contributed by atoms with Crippen molar-refractivity contribution in [3.8, 4) is 0 Å². The molecule has 0 aromatic heterocycles. The highest BCUT2D eigenvalue weighted by molar-refractivity contribution is 5.98. The van der Waals surface area contributed by atoms with E-state index in [1.807, 2.05) is 13.8 Å². The van der Waals surface area contributed by atoms with Crippen molar-refractivity contribution in [2.24, 2.45) is 28.6 Å². The lowest BCUT2D eigenvalue weighted by Gasteiger charge is -2.60. The van der Waals surface area contributed by atoms with Crippen LogP contribution in [0, 0.1) is 28.6 Å². The van der Waals surface area contributed by atoms with Crippen molar-refractivity contribution in [1.82, 2.24) is 0 Å². The highest BCUT2D eigenvalue weighted by Crippen LogP contribution is 2.74. The molecule has 7 heteroatoms. The molecule has 11 atom stereocenters. The molecule has 0 unspecified atom stereocenters. The van der Waals surface area contributed by atoms with E-state index in [1.54, 1.807) is 19.9 Å². The molecule has 0 bridgehead atoms. The number of esters is 1. The average Bonchev–Trinajstić information content (AvgIpc) is 3.47. The van der Waals surface area contributed by atoms with E-state index >= 15 is 0 Å². The minimum Gasteiger partial charge on any atom is -0.455 e.